The van der Waals surface area contributed by atoms with Gasteiger partial charge in [-0.2, -0.15) is 0 Å². The van der Waals surface area contributed by atoms with Crippen LogP contribution >= 0.6 is 0 Å². The molecule has 0 fully saturated rings. The van der Waals surface area contributed by atoms with E-state index in [1.165, 1.54) is 135 Å². The summed E-state index contributed by atoms with van der Waals surface area (Å²) in [4.78, 5) is 24.6. The van der Waals surface area contributed by atoms with Crippen molar-refractivity contribution in [3.63, 3.8) is 0 Å². The zero-order valence-corrected chi connectivity index (χ0v) is 48.1. The summed E-state index contributed by atoms with van der Waals surface area (Å²) >= 11 is 0. The number of carbonyl (C=O) groups is 2. The van der Waals surface area contributed by atoms with Crippen molar-refractivity contribution in [1.29, 1.82) is 0 Å². The molecular weight excluding hydrogens is 909 g/mol. The van der Waals surface area contributed by atoms with Crippen molar-refractivity contribution in [1.82, 2.24) is 0 Å². The number of aliphatic hydroxyl groups excluding tert-OH is 1. The third-order valence-corrected chi connectivity index (χ3v) is 12.9. The molecule has 5 heteroatoms. The molecule has 0 radical (unpaired) electrons. The van der Waals surface area contributed by atoms with Crippen molar-refractivity contribution in [2.75, 3.05) is 13.2 Å². The van der Waals surface area contributed by atoms with Crippen LogP contribution in [0.5, 0.6) is 0 Å². The lowest BCUT2D eigenvalue weighted by molar-refractivity contribution is -0.161. The molecule has 1 unspecified atom stereocenters. The molecule has 74 heavy (non-hydrogen) atoms. The average Bonchev–Trinajstić information content (AvgIpc) is 3.40. The smallest absolute Gasteiger partial charge is 0.306 e. The van der Waals surface area contributed by atoms with E-state index >= 15 is 0 Å². The molecule has 1 atom stereocenters. The summed E-state index contributed by atoms with van der Waals surface area (Å²) in [6.07, 6.45) is 94.3. The summed E-state index contributed by atoms with van der Waals surface area (Å²) in [6, 6.07) is 0. The van der Waals surface area contributed by atoms with Crippen molar-refractivity contribution in [3.8, 4) is 0 Å². The van der Waals surface area contributed by atoms with Crippen molar-refractivity contribution < 1.29 is 24.2 Å². The lowest BCUT2D eigenvalue weighted by atomic mass is 10.0. The summed E-state index contributed by atoms with van der Waals surface area (Å²) in [5.41, 5.74) is 0. The molecule has 0 spiro atoms. The van der Waals surface area contributed by atoms with Crippen LogP contribution in [0.25, 0.3) is 0 Å². The zero-order valence-electron chi connectivity index (χ0n) is 48.1. The maximum atomic E-state index is 12.3. The van der Waals surface area contributed by atoms with Crippen molar-refractivity contribution in [2.24, 2.45) is 0 Å². The van der Waals surface area contributed by atoms with E-state index < -0.39 is 6.10 Å². The molecule has 0 aromatic rings. The number of aliphatic hydroxyl groups is 1. The van der Waals surface area contributed by atoms with Crippen LogP contribution in [0.1, 0.15) is 271 Å². The molecule has 0 saturated carbocycles. The summed E-state index contributed by atoms with van der Waals surface area (Å²) in [7, 11) is 0. The minimum Gasteiger partial charge on any atom is -0.462 e. The fourth-order valence-corrected chi connectivity index (χ4v) is 8.34. The number of rotatable bonds is 55. The maximum Gasteiger partial charge on any atom is 0.306 e. The van der Waals surface area contributed by atoms with Gasteiger partial charge in [-0.3, -0.25) is 9.59 Å². The summed E-state index contributed by atoms with van der Waals surface area (Å²) in [5.74, 6) is -0.607. The summed E-state index contributed by atoms with van der Waals surface area (Å²) in [5, 5.41) is 9.67. The molecule has 0 aliphatic heterocycles. The van der Waals surface area contributed by atoms with Gasteiger partial charge in [-0.15, -0.1) is 0 Å². The second-order valence-corrected chi connectivity index (χ2v) is 20.0. The van der Waals surface area contributed by atoms with Crippen LogP contribution in [0.4, 0.5) is 0 Å². The zero-order chi connectivity index (χ0) is 53.4. The Bertz CT molecular complexity index is 1530. The molecule has 0 aromatic carbocycles. The van der Waals surface area contributed by atoms with E-state index in [0.717, 1.165) is 109 Å². The van der Waals surface area contributed by atoms with E-state index in [0.29, 0.717) is 12.8 Å². The van der Waals surface area contributed by atoms with Gasteiger partial charge in [0, 0.05) is 12.8 Å². The van der Waals surface area contributed by atoms with E-state index in [-0.39, 0.29) is 25.2 Å². The number of ether oxygens (including phenoxy) is 2. The quantitative estimate of drug-likeness (QED) is 0.0373. The van der Waals surface area contributed by atoms with Crippen LogP contribution < -0.4 is 0 Å². The number of hydrogen-bond acceptors (Lipinski definition) is 5. The lowest BCUT2D eigenvalue weighted by Gasteiger charge is -2.15. The fraction of sp³-hybridized carbons (Fsp3) is 0.652. The van der Waals surface area contributed by atoms with Gasteiger partial charge < -0.3 is 14.6 Å². The molecule has 0 amide bonds. The molecule has 0 aliphatic rings. The van der Waals surface area contributed by atoms with Crippen LogP contribution in [0, 0.1) is 0 Å². The molecule has 0 heterocycles. The molecule has 0 aromatic heterocycles. The van der Waals surface area contributed by atoms with Gasteiger partial charge in [0.1, 0.15) is 6.61 Å². The molecule has 0 saturated heterocycles. The lowest BCUT2D eigenvalue weighted by Crippen LogP contribution is -2.28. The Kier molecular flexibility index (Phi) is 59.9. The van der Waals surface area contributed by atoms with Crippen LogP contribution in [0.3, 0.4) is 0 Å². The molecule has 1 N–H and O–H groups in total. The van der Waals surface area contributed by atoms with Crippen molar-refractivity contribution in [3.05, 3.63) is 134 Å². The average molecular weight is 1020 g/mol. The number of hydrogen-bond donors (Lipinski definition) is 1. The van der Waals surface area contributed by atoms with E-state index in [1.54, 1.807) is 0 Å². The highest BCUT2D eigenvalue weighted by Crippen LogP contribution is 2.15. The van der Waals surface area contributed by atoms with Gasteiger partial charge in [0.05, 0.1) is 6.61 Å². The second-order valence-electron chi connectivity index (χ2n) is 20.0. The van der Waals surface area contributed by atoms with Crippen LogP contribution in [-0.4, -0.2) is 36.4 Å². The second kappa shape index (κ2) is 63.3. The van der Waals surface area contributed by atoms with Gasteiger partial charge in [-0.1, -0.05) is 276 Å². The Balaban J connectivity index is 3.54. The highest BCUT2D eigenvalue weighted by Gasteiger charge is 2.16. The highest BCUT2D eigenvalue weighted by atomic mass is 16.6. The van der Waals surface area contributed by atoms with Gasteiger partial charge >= 0.3 is 11.9 Å². The number of unbranched alkanes of at least 4 members (excludes halogenated alkanes) is 25. The van der Waals surface area contributed by atoms with Crippen molar-refractivity contribution >= 4 is 11.9 Å². The molecule has 0 aliphatic carbocycles. The normalized spacial score (nSPS) is 13.2. The monoisotopic (exact) mass is 1020 g/mol. The predicted molar refractivity (Wildman–Crippen MR) is 324 cm³/mol. The highest BCUT2D eigenvalue weighted by molar-refractivity contribution is 5.70. The van der Waals surface area contributed by atoms with Crippen LogP contribution in [0.15, 0.2) is 134 Å². The Morgan fingerprint density at radius 2 is 0.581 bits per heavy atom. The van der Waals surface area contributed by atoms with Crippen molar-refractivity contribution in [2.45, 2.75) is 277 Å². The number of esters is 2. The topological polar surface area (TPSA) is 72.8 Å². The van der Waals surface area contributed by atoms with E-state index in [4.69, 9.17) is 9.47 Å². The van der Waals surface area contributed by atoms with Gasteiger partial charge in [0.2, 0.25) is 0 Å². The summed E-state index contributed by atoms with van der Waals surface area (Å²) in [6.45, 7) is 4.01. The first kappa shape index (κ1) is 70.0. The molecule has 5 nitrogen and oxygen atoms in total. The van der Waals surface area contributed by atoms with Gasteiger partial charge in [0.15, 0.2) is 6.10 Å². The standard InChI is InChI=1S/C69H114O5/c1-3-5-7-9-11-13-15-17-19-21-23-25-26-27-28-29-30-31-32-33-34-35-36-37-38-39-40-41-42-44-46-48-50-52-54-56-58-60-62-64-69(72)74-67(65-70)66-73-68(71)63-61-59-57-55-53-51-49-47-45-43-24-22-20-18-16-14-12-10-8-6-4-2/h5,7,11,13,16-19,22-25,27-28,30-31,33-34,36-37,45,47,67,70H,3-4,6,8-10,12,14-15,20-21,26,29,32,35,38-44,46,48-66H2,1-2H3/b7-5-,13-11-,18-16-,19-17-,24-22-,25-23-,28-27-,31-30-,34-33-,37-36-,47-45-. The van der Waals surface area contributed by atoms with E-state index in [1.807, 2.05) is 0 Å². The Morgan fingerprint density at radius 3 is 0.878 bits per heavy atom. The third kappa shape index (κ3) is 60.6. The molecule has 0 bridgehead atoms. The van der Waals surface area contributed by atoms with E-state index in [9.17, 15) is 14.7 Å². The van der Waals surface area contributed by atoms with Gasteiger partial charge in [-0.05, 0) is 116 Å². The Hall–Kier alpha value is -3.96. The predicted octanol–water partition coefficient (Wildman–Crippen LogP) is 21.2. The molecule has 0 rings (SSSR count). The minimum atomic E-state index is -0.787. The SMILES string of the molecule is CC/C=C\C/C=C\C/C=C\C/C=C\C/C=C\C/C=C\C/C=C\C/C=C\CCCCCCCCCCCCCCCCC(=O)OC(CO)COC(=O)CCCCCCCC/C=C\C/C=C\C/C=C\CCCCCCC. The first-order valence-corrected chi connectivity index (χ1v) is 30.7. The fourth-order valence-electron chi connectivity index (χ4n) is 8.34. The van der Waals surface area contributed by atoms with E-state index in [2.05, 4.69) is 148 Å². The number of carbonyl (C=O) groups excluding carboxylic acids is 2. The Labute approximate surface area is 457 Å². The minimum absolute atomic E-state index is 0.0781. The van der Waals surface area contributed by atoms with Gasteiger partial charge in [-0.25, -0.2) is 0 Å². The Morgan fingerprint density at radius 1 is 0.324 bits per heavy atom. The third-order valence-electron chi connectivity index (χ3n) is 12.9. The largest absolute Gasteiger partial charge is 0.462 e. The first-order valence-electron chi connectivity index (χ1n) is 30.7. The van der Waals surface area contributed by atoms with Crippen LogP contribution in [0.2, 0.25) is 0 Å². The maximum absolute atomic E-state index is 12.3. The van der Waals surface area contributed by atoms with Gasteiger partial charge in [0.25, 0.3) is 0 Å². The first-order chi connectivity index (χ1) is 36.6. The molecule has 420 valence electrons. The molecular formula is C69H114O5. The van der Waals surface area contributed by atoms with Crippen LogP contribution in [-0.2, 0) is 19.1 Å². The summed E-state index contributed by atoms with van der Waals surface area (Å²) < 4.78 is 10.7. The number of allylic oxidation sites excluding steroid dienone is 22.